The summed E-state index contributed by atoms with van der Waals surface area (Å²) in [6.45, 7) is 3.73. The third-order valence-electron chi connectivity index (χ3n) is 3.74. The molecule has 1 unspecified atom stereocenters. The number of fused-ring (bicyclic) bond motifs is 1. The second-order valence-electron chi connectivity index (χ2n) is 5.23. The summed E-state index contributed by atoms with van der Waals surface area (Å²) in [5.41, 5.74) is 2.00. The Bertz CT molecular complexity index is 603. The molecule has 0 spiro atoms. The van der Waals surface area contributed by atoms with E-state index in [2.05, 4.69) is 11.5 Å². The van der Waals surface area contributed by atoms with Crippen molar-refractivity contribution in [3.05, 3.63) is 29.0 Å². The van der Waals surface area contributed by atoms with E-state index in [0.717, 1.165) is 42.9 Å². The fourth-order valence-corrected chi connectivity index (χ4v) is 3.13. The van der Waals surface area contributed by atoms with Crippen molar-refractivity contribution in [2.75, 3.05) is 19.1 Å². The van der Waals surface area contributed by atoms with E-state index >= 15 is 0 Å². The van der Waals surface area contributed by atoms with Gasteiger partial charge in [-0.25, -0.2) is 4.98 Å². The van der Waals surface area contributed by atoms with Crippen molar-refractivity contribution in [3.63, 3.8) is 0 Å². The van der Waals surface area contributed by atoms with E-state index in [9.17, 15) is 0 Å². The summed E-state index contributed by atoms with van der Waals surface area (Å²) in [7, 11) is 0. The number of alkyl halides is 1. The summed E-state index contributed by atoms with van der Waals surface area (Å²) in [4.78, 5) is 4.69. The molecule has 0 radical (unpaired) electrons. The van der Waals surface area contributed by atoms with Gasteiger partial charge in [-0.15, -0.1) is 11.6 Å². The predicted octanol–water partition coefficient (Wildman–Crippen LogP) is 3.61. The van der Waals surface area contributed by atoms with Gasteiger partial charge in [-0.2, -0.15) is 0 Å². The maximum atomic E-state index is 6.05. The highest BCUT2D eigenvalue weighted by Gasteiger charge is 2.34. The highest BCUT2D eigenvalue weighted by Crippen LogP contribution is 2.33. The molecule has 1 aliphatic rings. The zero-order chi connectivity index (χ0) is 13.5. The Kier molecular flexibility index (Phi) is 3.46. The minimum Gasteiger partial charge on any atom is -0.379 e. The number of hydrogen-bond donors (Lipinski definition) is 0. The molecule has 1 aromatic carbocycles. The first kappa shape index (κ1) is 13.2. The van der Waals surface area contributed by atoms with Gasteiger partial charge in [-0.3, -0.25) is 0 Å². The van der Waals surface area contributed by atoms with Gasteiger partial charge in [0.15, 0.2) is 0 Å². The molecule has 1 aromatic heterocycles. The minimum atomic E-state index is -0.0377. The van der Waals surface area contributed by atoms with Crippen LogP contribution in [0.3, 0.4) is 0 Å². The molecule has 1 aliphatic heterocycles. The molecule has 19 heavy (non-hydrogen) atoms. The van der Waals surface area contributed by atoms with Crippen molar-refractivity contribution in [1.82, 2.24) is 9.55 Å². The number of ether oxygens (including phenoxy) is 1. The first-order chi connectivity index (χ1) is 9.14. The maximum Gasteiger partial charge on any atom is 0.111 e. The van der Waals surface area contributed by atoms with Crippen LogP contribution in [-0.4, -0.2) is 28.6 Å². The van der Waals surface area contributed by atoms with Crippen LogP contribution in [0.5, 0.6) is 0 Å². The van der Waals surface area contributed by atoms with Crippen LogP contribution in [0.15, 0.2) is 18.2 Å². The Labute approximate surface area is 122 Å². The van der Waals surface area contributed by atoms with Crippen LogP contribution in [0.25, 0.3) is 11.0 Å². The third kappa shape index (κ3) is 2.24. The number of hydrogen-bond acceptors (Lipinski definition) is 2. The second kappa shape index (κ2) is 4.97. The lowest BCUT2D eigenvalue weighted by Crippen LogP contribution is -2.32. The van der Waals surface area contributed by atoms with Crippen molar-refractivity contribution in [1.29, 1.82) is 0 Å². The number of aryl methyl sites for hydroxylation is 1. The normalized spacial score (nSPS) is 23.3. The van der Waals surface area contributed by atoms with Gasteiger partial charge in [0.1, 0.15) is 5.82 Å². The molecular weight excluding hydrogens is 283 g/mol. The lowest BCUT2D eigenvalue weighted by Gasteiger charge is -2.27. The molecule has 0 amide bonds. The van der Waals surface area contributed by atoms with E-state index in [-0.39, 0.29) is 5.54 Å². The number of aromatic nitrogens is 2. The number of halogens is 2. The largest absolute Gasteiger partial charge is 0.379 e. The van der Waals surface area contributed by atoms with Crippen molar-refractivity contribution < 1.29 is 4.74 Å². The van der Waals surface area contributed by atoms with Crippen LogP contribution in [-0.2, 0) is 16.7 Å². The van der Waals surface area contributed by atoms with Crippen molar-refractivity contribution in [2.45, 2.75) is 25.3 Å². The zero-order valence-corrected chi connectivity index (χ0v) is 12.3. The van der Waals surface area contributed by atoms with Gasteiger partial charge >= 0.3 is 0 Å². The average molecular weight is 299 g/mol. The molecule has 2 heterocycles. The zero-order valence-electron chi connectivity index (χ0n) is 10.8. The van der Waals surface area contributed by atoms with E-state index in [1.807, 2.05) is 18.2 Å². The lowest BCUT2D eigenvalue weighted by molar-refractivity contribution is 0.162. The first-order valence-electron chi connectivity index (χ1n) is 6.45. The van der Waals surface area contributed by atoms with Crippen LogP contribution in [0, 0.1) is 0 Å². The fraction of sp³-hybridized carbons (Fsp3) is 0.500. The molecule has 1 fully saturated rings. The summed E-state index contributed by atoms with van der Waals surface area (Å²) in [5.74, 6) is 1.58. The van der Waals surface area contributed by atoms with Crippen LogP contribution in [0.4, 0.5) is 0 Å². The Morgan fingerprint density at radius 1 is 1.47 bits per heavy atom. The molecule has 2 aromatic rings. The summed E-state index contributed by atoms with van der Waals surface area (Å²) in [5, 5.41) is 0.711. The molecule has 5 heteroatoms. The molecule has 102 valence electrons. The van der Waals surface area contributed by atoms with E-state index in [1.54, 1.807) is 0 Å². The Hall–Kier alpha value is -0.770. The van der Waals surface area contributed by atoms with Gasteiger partial charge in [-0.1, -0.05) is 11.6 Å². The summed E-state index contributed by atoms with van der Waals surface area (Å²) < 4.78 is 7.87. The monoisotopic (exact) mass is 298 g/mol. The lowest BCUT2D eigenvalue weighted by atomic mass is 10.0. The molecular formula is C14H16Cl2N2O. The average Bonchev–Trinajstić information content (AvgIpc) is 2.93. The summed E-state index contributed by atoms with van der Waals surface area (Å²) >= 11 is 12.0. The van der Waals surface area contributed by atoms with Crippen molar-refractivity contribution in [3.8, 4) is 0 Å². The maximum absolute atomic E-state index is 6.05. The Morgan fingerprint density at radius 3 is 3.00 bits per heavy atom. The Morgan fingerprint density at radius 2 is 2.32 bits per heavy atom. The summed E-state index contributed by atoms with van der Waals surface area (Å²) in [6, 6.07) is 5.85. The number of nitrogens with zero attached hydrogens (tertiary/aromatic N) is 2. The van der Waals surface area contributed by atoms with E-state index < -0.39 is 0 Å². The standard InChI is InChI=1S/C14H16Cl2N2O/c1-14(5-7-19-9-14)18-12-3-2-10(16)8-11(12)17-13(18)4-6-15/h2-3,8H,4-7,9H2,1H3. The van der Waals surface area contributed by atoms with Crippen LogP contribution in [0.1, 0.15) is 19.2 Å². The van der Waals surface area contributed by atoms with Crippen molar-refractivity contribution in [2.24, 2.45) is 0 Å². The quantitative estimate of drug-likeness (QED) is 0.810. The highest BCUT2D eigenvalue weighted by molar-refractivity contribution is 6.31. The second-order valence-corrected chi connectivity index (χ2v) is 6.05. The minimum absolute atomic E-state index is 0.0377. The highest BCUT2D eigenvalue weighted by atomic mass is 35.5. The SMILES string of the molecule is CC1(n2c(CCCl)nc3cc(Cl)ccc32)CCOC1. The van der Waals surface area contributed by atoms with E-state index in [4.69, 9.17) is 32.9 Å². The van der Waals surface area contributed by atoms with Crippen molar-refractivity contribution >= 4 is 34.2 Å². The van der Waals surface area contributed by atoms with Gasteiger partial charge in [0.25, 0.3) is 0 Å². The van der Waals surface area contributed by atoms with Crippen LogP contribution in [0.2, 0.25) is 5.02 Å². The summed E-state index contributed by atoms with van der Waals surface area (Å²) in [6.07, 6.45) is 1.75. The van der Waals surface area contributed by atoms with Gasteiger partial charge in [0, 0.05) is 23.9 Å². The molecule has 0 N–H and O–H groups in total. The molecule has 3 rings (SSSR count). The molecule has 0 saturated carbocycles. The van der Waals surface area contributed by atoms with E-state index in [1.165, 1.54) is 0 Å². The molecule has 3 nitrogen and oxygen atoms in total. The van der Waals surface area contributed by atoms with Gasteiger partial charge < -0.3 is 9.30 Å². The predicted molar refractivity (Wildman–Crippen MR) is 78.3 cm³/mol. The first-order valence-corrected chi connectivity index (χ1v) is 7.36. The fourth-order valence-electron chi connectivity index (χ4n) is 2.79. The smallest absolute Gasteiger partial charge is 0.111 e. The molecule has 0 bridgehead atoms. The Balaban J connectivity index is 2.21. The van der Waals surface area contributed by atoms with E-state index in [0.29, 0.717) is 10.9 Å². The van der Waals surface area contributed by atoms with Gasteiger partial charge in [0.05, 0.1) is 23.2 Å². The van der Waals surface area contributed by atoms with Crippen LogP contribution >= 0.6 is 23.2 Å². The van der Waals surface area contributed by atoms with Crippen LogP contribution < -0.4 is 0 Å². The van der Waals surface area contributed by atoms with Gasteiger partial charge in [-0.05, 0) is 31.5 Å². The van der Waals surface area contributed by atoms with Gasteiger partial charge in [0.2, 0.25) is 0 Å². The number of benzene rings is 1. The molecule has 0 aliphatic carbocycles. The molecule has 1 saturated heterocycles. The number of imidazole rings is 1. The number of rotatable bonds is 3. The third-order valence-corrected chi connectivity index (χ3v) is 4.17. The topological polar surface area (TPSA) is 27.1 Å². The molecule has 1 atom stereocenters.